The molecule has 1 aliphatic heterocycles. The van der Waals surface area contributed by atoms with E-state index >= 15 is 0 Å². The lowest BCUT2D eigenvalue weighted by Gasteiger charge is -2.34. The van der Waals surface area contributed by atoms with E-state index < -0.39 is 5.60 Å². The molecule has 1 aromatic rings. The highest BCUT2D eigenvalue weighted by atomic mass is 16.5. The molecule has 0 aromatic heterocycles. The Hall–Kier alpha value is -2.28. The molecule has 1 heterocycles. The average Bonchev–Trinajstić information content (AvgIpc) is 2.60. The Morgan fingerprint density at radius 2 is 2.28 bits per heavy atom. The summed E-state index contributed by atoms with van der Waals surface area (Å²) >= 11 is 0. The lowest BCUT2D eigenvalue weighted by atomic mass is 10.0. The van der Waals surface area contributed by atoms with Crippen molar-refractivity contribution in [2.24, 2.45) is 0 Å². The van der Waals surface area contributed by atoms with Crippen molar-refractivity contribution in [3.8, 4) is 5.75 Å². The number of hydrogen-bond acceptors (Lipinski definition) is 5. The van der Waals surface area contributed by atoms with Gasteiger partial charge in [-0.05, 0) is 38.8 Å². The number of benzene rings is 1. The SMILES string of the molecule is CC(C)(Oc1cccc(N2CCC[C@@H](NC=O)C2)c1)C(=O)NCCO. The highest BCUT2D eigenvalue weighted by molar-refractivity contribution is 5.84. The Morgan fingerprint density at radius 3 is 3.00 bits per heavy atom. The lowest BCUT2D eigenvalue weighted by Crippen LogP contribution is -2.47. The Balaban J connectivity index is 2.05. The third-order valence-electron chi connectivity index (χ3n) is 4.23. The summed E-state index contributed by atoms with van der Waals surface area (Å²) in [5, 5.41) is 14.3. The minimum absolute atomic E-state index is 0.109. The van der Waals surface area contributed by atoms with Crippen molar-refractivity contribution in [3.63, 3.8) is 0 Å². The first kappa shape index (κ1) is 19.1. The van der Waals surface area contributed by atoms with Gasteiger partial charge in [0.05, 0.1) is 6.61 Å². The van der Waals surface area contributed by atoms with Crippen molar-refractivity contribution < 1.29 is 19.4 Å². The fourth-order valence-electron chi connectivity index (χ4n) is 2.91. The zero-order valence-electron chi connectivity index (χ0n) is 14.8. The number of carbonyl (C=O) groups excluding carboxylic acids is 2. The van der Waals surface area contributed by atoms with Crippen LogP contribution in [0.5, 0.6) is 5.75 Å². The average molecular weight is 349 g/mol. The maximum atomic E-state index is 12.1. The zero-order chi connectivity index (χ0) is 18.3. The van der Waals surface area contributed by atoms with Gasteiger partial charge in [0.2, 0.25) is 6.41 Å². The van der Waals surface area contributed by atoms with Gasteiger partial charge in [-0.25, -0.2) is 0 Å². The first-order valence-corrected chi connectivity index (χ1v) is 8.59. The van der Waals surface area contributed by atoms with Crippen LogP contribution >= 0.6 is 0 Å². The second-order valence-electron chi connectivity index (χ2n) is 6.66. The quantitative estimate of drug-likeness (QED) is 0.600. The molecule has 0 bridgehead atoms. The number of piperidine rings is 1. The fourth-order valence-corrected chi connectivity index (χ4v) is 2.91. The maximum absolute atomic E-state index is 12.1. The van der Waals surface area contributed by atoms with Crippen molar-refractivity contribution in [2.75, 3.05) is 31.1 Å². The lowest BCUT2D eigenvalue weighted by molar-refractivity contribution is -0.134. The molecule has 0 spiro atoms. The van der Waals surface area contributed by atoms with E-state index in [9.17, 15) is 9.59 Å². The maximum Gasteiger partial charge on any atom is 0.263 e. The monoisotopic (exact) mass is 349 g/mol. The standard InChI is InChI=1S/C18H27N3O4/c1-18(2,17(24)19-8-10-22)25-16-7-3-6-15(11-16)21-9-4-5-14(12-21)20-13-23/h3,6-7,11,13-14,22H,4-5,8-10,12H2,1-2H3,(H,19,24)(H,20,23)/t14-/m1/s1. The number of aliphatic hydroxyl groups is 1. The largest absolute Gasteiger partial charge is 0.478 e. The molecular weight excluding hydrogens is 322 g/mol. The zero-order valence-corrected chi connectivity index (χ0v) is 14.8. The predicted octanol–water partition coefficient (Wildman–Crippen LogP) is 0.667. The highest BCUT2D eigenvalue weighted by Crippen LogP contribution is 2.26. The van der Waals surface area contributed by atoms with E-state index in [4.69, 9.17) is 9.84 Å². The Kier molecular flexibility index (Phi) is 6.64. The van der Waals surface area contributed by atoms with E-state index in [1.165, 1.54) is 0 Å². The van der Waals surface area contributed by atoms with Gasteiger partial charge in [0.25, 0.3) is 5.91 Å². The number of carbonyl (C=O) groups is 2. The Labute approximate surface area is 148 Å². The third kappa shape index (κ3) is 5.35. The van der Waals surface area contributed by atoms with Gasteiger partial charge in [-0.3, -0.25) is 9.59 Å². The molecule has 138 valence electrons. The van der Waals surface area contributed by atoms with Crippen LogP contribution in [0.2, 0.25) is 0 Å². The number of nitrogens with one attached hydrogen (secondary N) is 2. The third-order valence-corrected chi connectivity index (χ3v) is 4.23. The normalized spacial score (nSPS) is 17.7. The molecule has 1 atom stereocenters. The molecule has 1 fully saturated rings. The predicted molar refractivity (Wildman–Crippen MR) is 95.7 cm³/mol. The number of aliphatic hydroxyl groups excluding tert-OH is 1. The van der Waals surface area contributed by atoms with E-state index in [0.29, 0.717) is 5.75 Å². The number of hydrogen-bond donors (Lipinski definition) is 3. The molecule has 3 N–H and O–H groups in total. The molecule has 7 nitrogen and oxygen atoms in total. The molecule has 0 saturated carbocycles. The summed E-state index contributed by atoms with van der Waals surface area (Å²) in [5.74, 6) is 0.326. The van der Waals surface area contributed by atoms with Gasteiger partial charge in [-0.1, -0.05) is 6.07 Å². The van der Waals surface area contributed by atoms with Crippen LogP contribution in [0.4, 0.5) is 5.69 Å². The smallest absolute Gasteiger partial charge is 0.263 e. The van der Waals surface area contributed by atoms with Gasteiger partial charge in [-0.2, -0.15) is 0 Å². The summed E-state index contributed by atoms with van der Waals surface area (Å²) in [5.41, 5.74) is -0.0430. The van der Waals surface area contributed by atoms with Crippen molar-refractivity contribution in [1.29, 1.82) is 0 Å². The van der Waals surface area contributed by atoms with Gasteiger partial charge < -0.3 is 25.4 Å². The van der Waals surface area contributed by atoms with Crippen LogP contribution in [-0.4, -0.2) is 55.3 Å². The van der Waals surface area contributed by atoms with Crippen LogP contribution in [0.1, 0.15) is 26.7 Å². The van der Waals surface area contributed by atoms with E-state index in [-0.39, 0.29) is 25.1 Å². The van der Waals surface area contributed by atoms with Crippen molar-refractivity contribution in [3.05, 3.63) is 24.3 Å². The minimum atomic E-state index is -1.04. The first-order chi connectivity index (χ1) is 12.0. The summed E-state index contributed by atoms with van der Waals surface area (Å²) in [6, 6.07) is 7.76. The summed E-state index contributed by atoms with van der Waals surface area (Å²) in [4.78, 5) is 25.0. The molecule has 0 radical (unpaired) electrons. The summed E-state index contributed by atoms with van der Waals surface area (Å²) < 4.78 is 5.87. The van der Waals surface area contributed by atoms with E-state index in [1.807, 2.05) is 24.3 Å². The number of ether oxygens (including phenoxy) is 1. The molecule has 1 aliphatic rings. The molecule has 1 saturated heterocycles. The summed E-state index contributed by atoms with van der Waals surface area (Å²) in [7, 11) is 0. The topological polar surface area (TPSA) is 90.9 Å². The van der Waals surface area contributed by atoms with Gasteiger partial charge in [-0.15, -0.1) is 0 Å². The molecular formula is C18H27N3O4. The molecule has 0 aliphatic carbocycles. The van der Waals surface area contributed by atoms with Crippen molar-refractivity contribution in [1.82, 2.24) is 10.6 Å². The molecule has 2 amide bonds. The molecule has 1 aromatic carbocycles. The van der Waals surface area contributed by atoms with Gasteiger partial charge in [0.1, 0.15) is 5.75 Å². The van der Waals surface area contributed by atoms with E-state index in [1.54, 1.807) is 13.8 Å². The van der Waals surface area contributed by atoms with Crippen molar-refractivity contribution >= 4 is 18.0 Å². The van der Waals surface area contributed by atoms with Crippen LogP contribution in [0.25, 0.3) is 0 Å². The van der Waals surface area contributed by atoms with E-state index in [2.05, 4.69) is 15.5 Å². The number of nitrogens with zero attached hydrogens (tertiary/aromatic N) is 1. The Morgan fingerprint density at radius 1 is 1.48 bits per heavy atom. The number of anilines is 1. The summed E-state index contributed by atoms with van der Waals surface area (Å²) in [6.07, 6.45) is 2.73. The van der Waals surface area contributed by atoms with Gasteiger partial charge in [0, 0.05) is 37.4 Å². The van der Waals surface area contributed by atoms with Crippen LogP contribution in [0, 0.1) is 0 Å². The second-order valence-corrected chi connectivity index (χ2v) is 6.66. The number of rotatable bonds is 8. The molecule has 7 heteroatoms. The van der Waals surface area contributed by atoms with Gasteiger partial charge >= 0.3 is 0 Å². The van der Waals surface area contributed by atoms with Gasteiger partial charge in [0.15, 0.2) is 5.60 Å². The van der Waals surface area contributed by atoms with Crippen LogP contribution in [0.3, 0.4) is 0 Å². The van der Waals surface area contributed by atoms with Crippen LogP contribution in [-0.2, 0) is 9.59 Å². The molecule has 0 unspecified atom stereocenters. The van der Waals surface area contributed by atoms with Crippen molar-refractivity contribution in [2.45, 2.75) is 38.3 Å². The fraction of sp³-hybridized carbons (Fsp3) is 0.556. The Bertz CT molecular complexity index is 591. The van der Waals surface area contributed by atoms with Crippen LogP contribution in [0.15, 0.2) is 24.3 Å². The summed E-state index contributed by atoms with van der Waals surface area (Å²) in [6.45, 7) is 5.14. The molecule has 2 rings (SSSR count). The molecule has 25 heavy (non-hydrogen) atoms. The first-order valence-electron chi connectivity index (χ1n) is 8.59. The highest BCUT2D eigenvalue weighted by Gasteiger charge is 2.30. The number of amides is 2. The minimum Gasteiger partial charge on any atom is -0.478 e. The second kappa shape index (κ2) is 8.71. The van der Waals surface area contributed by atoms with Crippen LogP contribution < -0.4 is 20.3 Å². The van der Waals surface area contributed by atoms with E-state index in [0.717, 1.165) is 38.0 Å².